The van der Waals surface area contributed by atoms with E-state index in [-0.39, 0.29) is 12.5 Å². The van der Waals surface area contributed by atoms with E-state index < -0.39 is 0 Å². The zero-order valence-electron chi connectivity index (χ0n) is 12.1. The molecule has 0 aliphatic carbocycles. The van der Waals surface area contributed by atoms with Gasteiger partial charge in [0.05, 0.1) is 0 Å². The van der Waals surface area contributed by atoms with Crippen LogP contribution in [-0.2, 0) is 11.3 Å². The van der Waals surface area contributed by atoms with Crippen molar-refractivity contribution in [2.24, 2.45) is 0 Å². The van der Waals surface area contributed by atoms with E-state index in [1.807, 2.05) is 36.4 Å². The van der Waals surface area contributed by atoms with Crippen molar-refractivity contribution in [3.8, 4) is 0 Å². The number of tetrazole rings is 1. The number of carbonyl (C=O) groups is 1. The number of aromatic nitrogens is 4. The maximum atomic E-state index is 11.8. The van der Waals surface area contributed by atoms with Crippen LogP contribution in [0.1, 0.15) is 31.2 Å². The molecular formula is C15H19N5O. The van der Waals surface area contributed by atoms with Gasteiger partial charge in [-0.15, -0.1) is 5.10 Å². The van der Waals surface area contributed by atoms with Gasteiger partial charge in [0.2, 0.25) is 5.91 Å². The summed E-state index contributed by atoms with van der Waals surface area (Å²) >= 11 is 0. The van der Waals surface area contributed by atoms with Crippen LogP contribution >= 0.6 is 0 Å². The normalized spacial score (nSPS) is 10.9. The predicted molar refractivity (Wildman–Crippen MR) is 81.1 cm³/mol. The van der Waals surface area contributed by atoms with Crippen LogP contribution in [0, 0.1) is 0 Å². The third-order valence-electron chi connectivity index (χ3n) is 2.93. The summed E-state index contributed by atoms with van der Waals surface area (Å²) in [7, 11) is 0. The largest absolute Gasteiger partial charge is 0.354 e. The molecule has 6 heteroatoms. The summed E-state index contributed by atoms with van der Waals surface area (Å²) in [4.78, 5) is 11.8. The molecule has 1 N–H and O–H groups in total. The van der Waals surface area contributed by atoms with E-state index in [1.165, 1.54) is 4.68 Å². The highest BCUT2D eigenvalue weighted by Crippen LogP contribution is 2.05. The average molecular weight is 285 g/mol. The molecular weight excluding hydrogens is 266 g/mol. The van der Waals surface area contributed by atoms with Crippen LogP contribution in [-0.4, -0.2) is 32.7 Å². The van der Waals surface area contributed by atoms with E-state index in [0.717, 1.165) is 18.4 Å². The molecule has 2 aromatic rings. The van der Waals surface area contributed by atoms with Crippen molar-refractivity contribution in [3.05, 3.63) is 41.7 Å². The zero-order valence-corrected chi connectivity index (χ0v) is 12.1. The molecule has 0 bridgehead atoms. The van der Waals surface area contributed by atoms with Gasteiger partial charge in [0.25, 0.3) is 0 Å². The van der Waals surface area contributed by atoms with Gasteiger partial charge in [-0.05, 0) is 28.5 Å². The second kappa shape index (κ2) is 7.94. The molecule has 1 heterocycles. The SMILES string of the molecule is CCCCNC(=O)Cn1nnnc1/C=C/c1ccccc1. The van der Waals surface area contributed by atoms with Crippen molar-refractivity contribution >= 4 is 18.1 Å². The molecule has 0 saturated carbocycles. The van der Waals surface area contributed by atoms with Gasteiger partial charge in [-0.3, -0.25) is 4.79 Å². The summed E-state index contributed by atoms with van der Waals surface area (Å²) in [5, 5.41) is 14.2. The van der Waals surface area contributed by atoms with Crippen molar-refractivity contribution in [1.29, 1.82) is 0 Å². The van der Waals surface area contributed by atoms with E-state index in [1.54, 1.807) is 6.08 Å². The molecule has 6 nitrogen and oxygen atoms in total. The molecule has 21 heavy (non-hydrogen) atoms. The van der Waals surface area contributed by atoms with Crippen molar-refractivity contribution in [3.63, 3.8) is 0 Å². The third-order valence-corrected chi connectivity index (χ3v) is 2.93. The highest BCUT2D eigenvalue weighted by Gasteiger charge is 2.07. The maximum Gasteiger partial charge on any atom is 0.241 e. The lowest BCUT2D eigenvalue weighted by molar-refractivity contribution is -0.121. The molecule has 1 aromatic carbocycles. The van der Waals surface area contributed by atoms with Gasteiger partial charge in [-0.25, -0.2) is 4.68 Å². The molecule has 0 saturated heterocycles. The minimum Gasteiger partial charge on any atom is -0.354 e. The Bertz CT molecular complexity index is 591. The fourth-order valence-electron chi connectivity index (χ4n) is 1.77. The Kier molecular flexibility index (Phi) is 5.63. The first-order valence-corrected chi connectivity index (χ1v) is 7.05. The molecule has 0 fully saturated rings. The maximum absolute atomic E-state index is 11.8. The standard InChI is InChI=1S/C15H19N5O/c1-2-3-11-16-15(21)12-20-14(17-18-19-20)10-9-13-7-5-4-6-8-13/h4-10H,2-3,11-12H2,1H3,(H,16,21)/b10-9+. The van der Waals surface area contributed by atoms with Crippen LogP contribution in [0.5, 0.6) is 0 Å². The molecule has 0 radical (unpaired) electrons. The van der Waals surface area contributed by atoms with Crippen LogP contribution in [0.25, 0.3) is 12.2 Å². The van der Waals surface area contributed by atoms with Gasteiger partial charge in [0, 0.05) is 6.54 Å². The molecule has 1 amide bonds. The molecule has 0 unspecified atom stereocenters. The lowest BCUT2D eigenvalue weighted by atomic mass is 10.2. The van der Waals surface area contributed by atoms with Gasteiger partial charge in [-0.1, -0.05) is 49.8 Å². The first-order valence-electron chi connectivity index (χ1n) is 7.05. The molecule has 1 aromatic heterocycles. The van der Waals surface area contributed by atoms with E-state index in [0.29, 0.717) is 12.4 Å². The number of benzene rings is 1. The number of hydrogen-bond acceptors (Lipinski definition) is 4. The average Bonchev–Trinajstić information content (AvgIpc) is 2.93. The first-order chi connectivity index (χ1) is 10.3. The molecule has 2 rings (SSSR count). The van der Waals surface area contributed by atoms with Crippen molar-refractivity contribution in [2.45, 2.75) is 26.3 Å². The third kappa shape index (κ3) is 4.83. The van der Waals surface area contributed by atoms with Gasteiger partial charge in [0.1, 0.15) is 6.54 Å². The Balaban J connectivity index is 1.95. The van der Waals surface area contributed by atoms with Crippen LogP contribution in [0.3, 0.4) is 0 Å². The van der Waals surface area contributed by atoms with Gasteiger partial charge in [-0.2, -0.15) is 0 Å². The number of hydrogen-bond donors (Lipinski definition) is 1. The second-order valence-electron chi connectivity index (χ2n) is 4.64. The Morgan fingerprint density at radius 3 is 2.86 bits per heavy atom. The molecule has 0 aliphatic heterocycles. The number of nitrogens with zero attached hydrogens (tertiary/aromatic N) is 4. The molecule has 0 aliphatic rings. The number of carbonyl (C=O) groups excluding carboxylic acids is 1. The first kappa shape index (κ1) is 14.9. The summed E-state index contributed by atoms with van der Waals surface area (Å²) in [5.74, 6) is 0.481. The number of unbranched alkanes of at least 4 members (excludes halogenated alkanes) is 1. The van der Waals surface area contributed by atoms with E-state index in [2.05, 4.69) is 27.8 Å². The fraction of sp³-hybridized carbons (Fsp3) is 0.333. The monoisotopic (exact) mass is 285 g/mol. The second-order valence-corrected chi connectivity index (χ2v) is 4.64. The number of amides is 1. The summed E-state index contributed by atoms with van der Waals surface area (Å²) < 4.78 is 1.49. The van der Waals surface area contributed by atoms with Crippen molar-refractivity contribution in [1.82, 2.24) is 25.5 Å². The van der Waals surface area contributed by atoms with Gasteiger partial charge in [0.15, 0.2) is 5.82 Å². The minimum atomic E-state index is -0.0786. The van der Waals surface area contributed by atoms with Crippen molar-refractivity contribution < 1.29 is 4.79 Å². The van der Waals surface area contributed by atoms with Crippen molar-refractivity contribution in [2.75, 3.05) is 6.54 Å². The summed E-state index contributed by atoms with van der Waals surface area (Å²) in [6.07, 6.45) is 5.74. The van der Waals surface area contributed by atoms with E-state index in [4.69, 9.17) is 0 Å². The topological polar surface area (TPSA) is 72.7 Å². The van der Waals surface area contributed by atoms with E-state index in [9.17, 15) is 4.79 Å². The lowest BCUT2D eigenvalue weighted by Gasteiger charge is -2.04. The quantitative estimate of drug-likeness (QED) is 0.787. The zero-order chi connectivity index (χ0) is 14.9. The minimum absolute atomic E-state index is 0.0786. The van der Waals surface area contributed by atoms with Crippen LogP contribution in [0.4, 0.5) is 0 Å². The lowest BCUT2D eigenvalue weighted by Crippen LogP contribution is -2.29. The van der Waals surface area contributed by atoms with Crippen LogP contribution < -0.4 is 5.32 Å². The number of rotatable bonds is 7. The summed E-state index contributed by atoms with van der Waals surface area (Å²) in [6, 6.07) is 9.86. The molecule has 0 atom stereocenters. The predicted octanol–water partition coefficient (Wildman–Crippen LogP) is 1.76. The van der Waals surface area contributed by atoms with Crippen LogP contribution in [0.2, 0.25) is 0 Å². The fourth-order valence-corrected chi connectivity index (χ4v) is 1.77. The Labute approximate surface area is 123 Å². The Hall–Kier alpha value is -2.50. The molecule has 110 valence electrons. The summed E-state index contributed by atoms with van der Waals surface area (Å²) in [6.45, 7) is 2.90. The van der Waals surface area contributed by atoms with Gasteiger partial charge >= 0.3 is 0 Å². The summed E-state index contributed by atoms with van der Waals surface area (Å²) in [5.41, 5.74) is 1.06. The molecule has 0 spiro atoms. The smallest absolute Gasteiger partial charge is 0.241 e. The van der Waals surface area contributed by atoms with Gasteiger partial charge < -0.3 is 5.32 Å². The van der Waals surface area contributed by atoms with E-state index >= 15 is 0 Å². The Morgan fingerprint density at radius 2 is 2.10 bits per heavy atom. The Morgan fingerprint density at radius 1 is 1.29 bits per heavy atom. The number of nitrogens with one attached hydrogen (secondary N) is 1. The highest BCUT2D eigenvalue weighted by atomic mass is 16.2. The highest BCUT2D eigenvalue weighted by molar-refractivity contribution is 5.76. The van der Waals surface area contributed by atoms with Crippen LogP contribution in [0.15, 0.2) is 30.3 Å².